The molecule has 1 aliphatic carbocycles. The number of halogens is 2. The van der Waals surface area contributed by atoms with E-state index in [0.29, 0.717) is 5.41 Å². The summed E-state index contributed by atoms with van der Waals surface area (Å²) in [4.78, 5) is 0. The van der Waals surface area contributed by atoms with Gasteiger partial charge >= 0.3 is 0 Å². The van der Waals surface area contributed by atoms with E-state index in [9.17, 15) is 4.39 Å². The van der Waals surface area contributed by atoms with Crippen molar-refractivity contribution in [1.29, 1.82) is 0 Å². The van der Waals surface area contributed by atoms with Gasteiger partial charge in [0.25, 0.3) is 0 Å². The molecule has 0 radical (unpaired) electrons. The lowest BCUT2D eigenvalue weighted by molar-refractivity contribution is 0.297. The van der Waals surface area contributed by atoms with Crippen molar-refractivity contribution in [3.05, 3.63) is 34.6 Å². The molecule has 2 N–H and O–H groups in total. The third-order valence-corrected chi connectivity index (χ3v) is 4.66. The molecule has 1 fully saturated rings. The summed E-state index contributed by atoms with van der Waals surface area (Å²) in [6.45, 7) is 4.63. The zero-order valence-corrected chi connectivity index (χ0v) is 12.6. The van der Waals surface area contributed by atoms with Crippen molar-refractivity contribution < 1.29 is 4.39 Å². The topological polar surface area (TPSA) is 26.0 Å². The van der Waals surface area contributed by atoms with Gasteiger partial charge in [0.05, 0.1) is 5.02 Å². The standard InChI is InChI=1S/C16H23ClFN/c1-15(2)6-3-7-16(19,9-8-15)11-12-4-5-14(18)13(17)10-12/h4-5,10H,3,6-9,11,19H2,1-2H3. The second-order valence-electron chi connectivity index (χ2n) is 6.81. The molecule has 1 aromatic rings. The molecule has 0 amide bonds. The van der Waals surface area contributed by atoms with Crippen LogP contribution >= 0.6 is 11.6 Å². The Labute approximate surface area is 120 Å². The molecule has 0 spiro atoms. The lowest BCUT2D eigenvalue weighted by Crippen LogP contribution is -2.41. The first-order valence-corrected chi connectivity index (χ1v) is 7.40. The fraction of sp³-hybridized carbons (Fsp3) is 0.625. The maximum Gasteiger partial charge on any atom is 0.141 e. The Balaban J connectivity index is 2.10. The van der Waals surface area contributed by atoms with Crippen LogP contribution < -0.4 is 5.73 Å². The van der Waals surface area contributed by atoms with Crippen LogP contribution in [0.2, 0.25) is 5.02 Å². The van der Waals surface area contributed by atoms with Gasteiger partial charge in [-0.05, 0) is 55.2 Å². The molecular weight excluding hydrogens is 261 g/mol. The molecule has 0 aliphatic heterocycles. The highest BCUT2D eigenvalue weighted by atomic mass is 35.5. The van der Waals surface area contributed by atoms with Gasteiger partial charge in [-0.15, -0.1) is 0 Å². The first-order chi connectivity index (χ1) is 8.80. The Bertz CT molecular complexity index is 458. The van der Waals surface area contributed by atoms with Crippen LogP contribution in [0.15, 0.2) is 18.2 Å². The van der Waals surface area contributed by atoms with Crippen molar-refractivity contribution in [2.24, 2.45) is 11.1 Å². The molecule has 1 saturated carbocycles. The van der Waals surface area contributed by atoms with Gasteiger partial charge in [0, 0.05) is 5.54 Å². The molecule has 1 unspecified atom stereocenters. The number of nitrogens with two attached hydrogens (primary N) is 1. The van der Waals surface area contributed by atoms with E-state index in [1.54, 1.807) is 12.1 Å². The third-order valence-electron chi connectivity index (χ3n) is 4.37. The zero-order valence-electron chi connectivity index (χ0n) is 11.8. The monoisotopic (exact) mass is 283 g/mol. The normalized spacial score (nSPS) is 27.0. The van der Waals surface area contributed by atoms with Crippen molar-refractivity contribution in [2.75, 3.05) is 0 Å². The van der Waals surface area contributed by atoms with Gasteiger partial charge < -0.3 is 5.73 Å². The second kappa shape index (κ2) is 5.41. The lowest BCUT2D eigenvalue weighted by atomic mass is 9.81. The summed E-state index contributed by atoms with van der Waals surface area (Å²) in [6.07, 6.45) is 6.39. The number of rotatable bonds is 2. The van der Waals surface area contributed by atoms with Crippen molar-refractivity contribution in [3.63, 3.8) is 0 Å². The summed E-state index contributed by atoms with van der Waals surface area (Å²) in [5.41, 5.74) is 7.82. The highest BCUT2D eigenvalue weighted by Gasteiger charge is 2.32. The van der Waals surface area contributed by atoms with Crippen LogP contribution in [0.5, 0.6) is 0 Å². The quantitative estimate of drug-likeness (QED) is 0.782. The molecule has 1 aromatic carbocycles. The molecule has 2 rings (SSSR count). The van der Waals surface area contributed by atoms with Crippen LogP contribution in [0.3, 0.4) is 0 Å². The summed E-state index contributed by atoms with van der Waals surface area (Å²) in [6, 6.07) is 4.94. The van der Waals surface area contributed by atoms with E-state index in [1.807, 2.05) is 0 Å². The fourth-order valence-electron chi connectivity index (χ4n) is 2.99. The second-order valence-corrected chi connectivity index (χ2v) is 7.21. The molecule has 1 nitrogen and oxygen atoms in total. The van der Waals surface area contributed by atoms with Crippen LogP contribution in [0, 0.1) is 11.2 Å². The van der Waals surface area contributed by atoms with Gasteiger partial charge in [-0.25, -0.2) is 4.39 Å². The summed E-state index contributed by atoms with van der Waals surface area (Å²) in [7, 11) is 0. The van der Waals surface area contributed by atoms with E-state index < -0.39 is 0 Å². The van der Waals surface area contributed by atoms with E-state index in [0.717, 1.165) is 31.2 Å². The average molecular weight is 284 g/mol. The van der Waals surface area contributed by atoms with E-state index in [-0.39, 0.29) is 16.4 Å². The Morgan fingerprint density at radius 3 is 2.63 bits per heavy atom. The van der Waals surface area contributed by atoms with Gasteiger partial charge in [0.15, 0.2) is 0 Å². The number of hydrogen-bond donors (Lipinski definition) is 1. The van der Waals surface area contributed by atoms with Gasteiger partial charge in [-0.2, -0.15) is 0 Å². The lowest BCUT2D eigenvalue weighted by Gasteiger charge is -2.29. The highest BCUT2D eigenvalue weighted by molar-refractivity contribution is 6.30. The van der Waals surface area contributed by atoms with Gasteiger partial charge in [-0.3, -0.25) is 0 Å². The van der Waals surface area contributed by atoms with E-state index in [2.05, 4.69) is 13.8 Å². The van der Waals surface area contributed by atoms with Crippen LogP contribution in [-0.4, -0.2) is 5.54 Å². The molecular formula is C16H23ClFN. The first-order valence-electron chi connectivity index (χ1n) is 7.03. The van der Waals surface area contributed by atoms with Crippen LogP contribution in [-0.2, 0) is 6.42 Å². The molecule has 0 saturated heterocycles. The maximum atomic E-state index is 13.2. The minimum absolute atomic E-state index is 0.172. The van der Waals surface area contributed by atoms with E-state index in [4.69, 9.17) is 17.3 Å². The minimum atomic E-state index is -0.363. The molecule has 1 aliphatic rings. The Kier molecular flexibility index (Phi) is 4.22. The molecule has 19 heavy (non-hydrogen) atoms. The van der Waals surface area contributed by atoms with Crippen molar-refractivity contribution in [1.82, 2.24) is 0 Å². The molecule has 3 heteroatoms. The largest absolute Gasteiger partial charge is 0.325 e. The molecule has 1 atom stereocenters. The maximum absolute atomic E-state index is 13.2. The predicted molar refractivity (Wildman–Crippen MR) is 78.9 cm³/mol. The molecule has 106 valence electrons. The van der Waals surface area contributed by atoms with Crippen LogP contribution in [0.4, 0.5) is 4.39 Å². The Morgan fingerprint density at radius 1 is 1.21 bits per heavy atom. The van der Waals surface area contributed by atoms with E-state index in [1.165, 1.54) is 18.9 Å². The van der Waals surface area contributed by atoms with Crippen molar-refractivity contribution in [2.45, 2.75) is 57.9 Å². The Morgan fingerprint density at radius 2 is 1.95 bits per heavy atom. The highest BCUT2D eigenvalue weighted by Crippen LogP contribution is 2.38. The fourth-order valence-corrected chi connectivity index (χ4v) is 3.19. The summed E-state index contributed by atoms with van der Waals surface area (Å²) in [5.74, 6) is -0.363. The van der Waals surface area contributed by atoms with Crippen LogP contribution in [0.1, 0.15) is 51.5 Å². The van der Waals surface area contributed by atoms with Gasteiger partial charge in [0.1, 0.15) is 5.82 Å². The van der Waals surface area contributed by atoms with Crippen LogP contribution in [0.25, 0.3) is 0 Å². The zero-order chi connectivity index (χ0) is 14.1. The minimum Gasteiger partial charge on any atom is -0.325 e. The molecule has 0 aromatic heterocycles. The molecule has 0 bridgehead atoms. The van der Waals surface area contributed by atoms with E-state index >= 15 is 0 Å². The number of benzene rings is 1. The smallest absolute Gasteiger partial charge is 0.141 e. The summed E-state index contributed by atoms with van der Waals surface area (Å²) >= 11 is 5.84. The SMILES string of the molecule is CC1(C)CCCC(N)(Cc2ccc(F)c(Cl)c2)CC1. The van der Waals surface area contributed by atoms with Crippen molar-refractivity contribution >= 4 is 11.6 Å². The number of hydrogen-bond acceptors (Lipinski definition) is 1. The first kappa shape index (κ1) is 14.8. The van der Waals surface area contributed by atoms with Gasteiger partial charge in [-0.1, -0.05) is 37.9 Å². The molecule has 0 heterocycles. The van der Waals surface area contributed by atoms with Crippen molar-refractivity contribution in [3.8, 4) is 0 Å². The summed E-state index contributed by atoms with van der Waals surface area (Å²) in [5, 5.41) is 0.190. The third kappa shape index (κ3) is 3.93. The average Bonchev–Trinajstić information content (AvgIpc) is 2.44. The van der Waals surface area contributed by atoms with Gasteiger partial charge in [0.2, 0.25) is 0 Å². The Hall–Kier alpha value is -0.600. The predicted octanol–water partition coefficient (Wildman–Crippen LogP) is 4.71. The summed E-state index contributed by atoms with van der Waals surface area (Å²) < 4.78 is 13.2.